The molecule has 6 rings (SSSR count). The number of rotatable bonds is 6. The molecule has 2 amide bonds. The van der Waals surface area contributed by atoms with Crippen molar-refractivity contribution in [2.45, 2.75) is 57.5 Å². The second-order valence-corrected chi connectivity index (χ2v) is 10.7. The Morgan fingerprint density at radius 1 is 0.967 bits per heavy atom. The molecular formula is C24H29N3O2S. The minimum Gasteiger partial charge on any atom is -0.378 e. The lowest BCUT2D eigenvalue weighted by Gasteiger charge is -2.57. The number of benzene rings is 1. The fourth-order valence-corrected chi connectivity index (χ4v) is 7.08. The highest BCUT2D eigenvalue weighted by Crippen LogP contribution is 2.56. The standard InChI is InChI=1S/C24H29N3O2S/c1-15(28)25-14-19-6-7-22(30-19)23(29)26-20-4-2-3-5-21(20)27-24-11-16-8-17(12-24)10-18(9-16)13-24/h2-7,16-18,27H,8-14H2,1H3,(H,25,28)(H,26,29). The van der Waals surface area contributed by atoms with Crippen molar-refractivity contribution in [2.75, 3.05) is 10.6 Å². The van der Waals surface area contributed by atoms with Crippen LogP contribution in [0.4, 0.5) is 11.4 Å². The van der Waals surface area contributed by atoms with E-state index in [9.17, 15) is 9.59 Å². The Bertz CT molecular complexity index is 932. The smallest absolute Gasteiger partial charge is 0.265 e. The van der Waals surface area contributed by atoms with Gasteiger partial charge in [0.05, 0.1) is 22.8 Å². The van der Waals surface area contributed by atoms with Gasteiger partial charge in [-0.15, -0.1) is 11.3 Å². The van der Waals surface area contributed by atoms with Crippen LogP contribution in [-0.2, 0) is 11.3 Å². The minimum atomic E-state index is -0.103. The van der Waals surface area contributed by atoms with E-state index in [4.69, 9.17) is 0 Å². The van der Waals surface area contributed by atoms with Crippen molar-refractivity contribution >= 4 is 34.5 Å². The van der Waals surface area contributed by atoms with E-state index >= 15 is 0 Å². The molecule has 0 radical (unpaired) electrons. The molecule has 158 valence electrons. The lowest BCUT2D eigenvalue weighted by atomic mass is 9.53. The third-order valence-electron chi connectivity index (χ3n) is 7.01. The molecule has 0 aliphatic heterocycles. The molecule has 0 spiro atoms. The van der Waals surface area contributed by atoms with Crippen LogP contribution in [0.15, 0.2) is 36.4 Å². The predicted molar refractivity (Wildman–Crippen MR) is 121 cm³/mol. The molecule has 1 aromatic carbocycles. The van der Waals surface area contributed by atoms with Crippen molar-refractivity contribution < 1.29 is 9.59 Å². The summed E-state index contributed by atoms with van der Waals surface area (Å²) < 4.78 is 0. The summed E-state index contributed by atoms with van der Waals surface area (Å²) in [6.07, 6.45) is 8.03. The molecule has 4 fully saturated rings. The first-order valence-corrected chi connectivity index (χ1v) is 11.8. The van der Waals surface area contributed by atoms with Crippen molar-refractivity contribution in [2.24, 2.45) is 17.8 Å². The molecule has 3 N–H and O–H groups in total. The second kappa shape index (κ2) is 7.73. The summed E-state index contributed by atoms with van der Waals surface area (Å²) in [5, 5.41) is 9.78. The summed E-state index contributed by atoms with van der Waals surface area (Å²) in [5.41, 5.74) is 2.07. The molecule has 1 heterocycles. The molecule has 0 unspecified atom stereocenters. The Hall–Kier alpha value is -2.34. The van der Waals surface area contributed by atoms with Crippen molar-refractivity contribution in [3.8, 4) is 0 Å². The lowest BCUT2D eigenvalue weighted by Crippen LogP contribution is -2.54. The summed E-state index contributed by atoms with van der Waals surface area (Å²) in [6.45, 7) is 1.95. The number of nitrogens with one attached hydrogen (secondary N) is 3. The summed E-state index contributed by atoms with van der Waals surface area (Å²) >= 11 is 1.42. The summed E-state index contributed by atoms with van der Waals surface area (Å²) in [7, 11) is 0. The monoisotopic (exact) mass is 423 g/mol. The zero-order valence-electron chi connectivity index (χ0n) is 17.4. The lowest BCUT2D eigenvalue weighted by molar-refractivity contribution is -0.119. The fourth-order valence-electron chi connectivity index (χ4n) is 6.24. The van der Waals surface area contributed by atoms with Gasteiger partial charge in [0.25, 0.3) is 5.91 Å². The number of hydrogen-bond donors (Lipinski definition) is 3. The molecule has 2 aromatic rings. The normalized spacial score (nSPS) is 28.9. The fraction of sp³-hybridized carbons (Fsp3) is 0.500. The predicted octanol–water partition coefficient (Wildman–Crippen LogP) is 5.02. The van der Waals surface area contributed by atoms with E-state index in [0.717, 1.165) is 34.0 Å². The van der Waals surface area contributed by atoms with Crippen LogP contribution in [0.2, 0.25) is 0 Å². The van der Waals surface area contributed by atoms with Crippen LogP contribution >= 0.6 is 11.3 Å². The number of anilines is 2. The van der Waals surface area contributed by atoms with Gasteiger partial charge in [-0.3, -0.25) is 9.59 Å². The SMILES string of the molecule is CC(=O)NCc1ccc(C(=O)Nc2ccccc2NC23CC4CC(CC(C4)C2)C3)s1. The van der Waals surface area contributed by atoms with Crippen LogP contribution < -0.4 is 16.0 Å². The Kier molecular flexibility index (Phi) is 5.05. The number of carbonyl (C=O) groups is 2. The summed E-state index contributed by atoms with van der Waals surface area (Å²) in [6, 6.07) is 11.8. The molecule has 1 aromatic heterocycles. The first-order valence-electron chi connectivity index (χ1n) is 11.0. The first-order chi connectivity index (χ1) is 14.5. The Labute approximate surface area is 181 Å². The summed E-state index contributed by atoms with van der Waals surface area (Å²) in [4.78, 5) is 25.6. The van der Waals surface area contributed by atoms with E-state index in [1.807, 2.05) is 30.3 Å². The number of thiophene rings is 1. The van der Waals surface area contributed by atoms with Gasteiger partial charge in [0, 0.05) is 17.3 Å². The third-order valence-corrected chi connectivity index (χ3v) is 8.09. The first kappa shape index (κ1) is 19.6. The number of para-hydroxylation sites is 2. The molecule has 30 heavy (non-hydrogen) atoms. The Balaban J connectivity index is 1.30. The van der Waals surface area contributed by atoms with Crippen molar-refractivity contribution in [1.82, 2.24) is 5.32 Å². The number of carbonyl (C=O) groups excluding carboxylic acids is 2. The van der Waals surface area contributed by atoms with Gasteiger partial charge in [-0.05, 0) is 80.5 Å². The van der Waals surface area contributed by atoms with Gasteiger partial charge in [-0.2, -0.15) is 0 Å². The van der Waals surface area contributed by atoms with Gasteiger partial charge in [0.2, 0.25) is 5.91 Å². The molecule has 4 saturated carbocycles. The highest BCUT2D eigenvalue weighted by Gasteiger charge is 2.51. The minimum absolute atomic E-state index is 0.0703. The van der Waals surface area contributed by atoms with Crippen LogP contribution in [0.5, 0.6) is 0 Å². The van der Waals surface area contributed by atoms with Gasteiger partial charge < -0.3 is 16.0 Å². The number of hydrogen-bond acceptors (Lipinski definition) is 4. The Morgan fingerprint density at radius 2 is 1.60 bits per heavy atom. The zero-order chi connectivity index (χ0) is 20.7. The average Bonchev–Trinajstić information content (AvgIpc) is 3.16. The van der Waals surface area contributed by atoms with Crippen molar-refractivity contribution in [3.63, 3.8) is 0 Å². The second-order valence-electron chi connectivity index (χ2n) is 9.50. The molecule has 4 aliphatic carbocycles. The summed E-state index contributed by atoms with van der Waals surface area (Å²) in [5.74, 6) is 2.45. The maximum Gasteiger partial charge on any atom is 0.265 e. The van der Waals surface area contributed by atoms with Gasteiger partial charge in [-0.25, -0.2) is 0 Å². The van der Waals surface area contributed by atoms with E-state index in [1.54, 1.807) is 0 Å². The van der Waals surface area contributed by atoms with Crippen LogP contribution in [0, 0.1) is 17.8 Å². The van der Waals surface area contributed by atoms with E-state index in [2.05, 4.69) is 22.0 Å². The van der Waals surface area contributed by atoms with Gasteiger partial charge >= 0.3 is 0 Å². The zero-order valence-corrected chi connectivity index (χ0v) is 18.2. The maximum absolute atomic E-state index is 12.9. The van der Waals surface area contributed by atoms with Gasteiger partial charge in [0.1, 0.15) is 0 Å². The van der Waals surface area contributed by atoms with Crippen molar-refractivity contribution in [3.05, 3.63) is 46.2 Å². The van der Waals surface area contributed by atoms with Crippen LogP contribution in [0.3, 0.4) is 0 Å². The van der Waals surface area contributed by atoms with Gasteiger partial charge in [-0.1, -0.05) is 12.1 Å². The molecule has 0 atom stereocenters. The average molecular weight is 424 g/mol. The van der Waals surface area contributed by atoms with Crippen LogP contribution in [0.1, 0.15) is 60.0 Å². The van der Waals surface area contributed by atoms with E-state index in [1.165, 1.54) is 56.8 Å². The topological polar surface area (TPSA) is 70.2 Å². The third kappa shape index (κ3) is 3.97. The molecule has 6 heteroatoms. The number of amides is 2. The van der Waals surface area contributed by atoms with Crippen molar-refractivity contribution in [1.29, 1.82) is 0 Å². The van der Waals surface area contributed by atoms with Crippen LogP contribution in [0.25, 0.3) is 0 Å². The molecular weight excluding hydrogens is 394 g/mol. The molecule has 4 aliphatic rings. The van der Waals surface area contributed by atoms with E-state index in [-0.39, 0.29) is 17.4 Å². The largest absolute Gasteiger partial charge is 0.378 e. The Morgan fingerprint density at radius 3 is 2.23 bits per heavy atom. The molecule has 5 nitrogen and oxygen atoms in total. The highest BCUT2D eigenvalue weighted by atomic mass is 32.1. The van der Waals surface area contributed by atoms with E-state index < -0.39 is 0 Å². The quantitative estimate of drug-likeness (QED) is 0.611. The van der Waals surface area contributed by atoms with Crippen LogP contribution in [-0.4, -0.2) is 17.4 Å². The van der Waals surface area contributed by atoms with E-state index in [0.29, 0.717) is 11.4 Å². The highest BCUT2D eigenvalue weighted by molar-refractivity contribution is 7.14. The molecule has 0 saturated heterocycles. The van der Waals surface area contributed by atoms with Gasteiger partial charge in [0.15, 0.2) is 0 Å². The molecule has 4 bridgehead atoms. The maximum atomic E-state index is 12.9.